The number of carbonyl (C=O) groups is 3. The van der Waals surface area contributed by atoms with Gasteiger partial charge in [-0.25, -0.2) is 0 Å². The van der Waals surface area contributed by atoms with Crippen molar-refractivity contribution in [3.8, 4) is 0 Å². The molecule has 282 valence electrons. The van der Waals surface area contributed by atoms with Crippen LogP contribution in [0.2, 0.25) is 0 Å². The number of likely N-dealkylation sites (tertiary alicyclic amines) is 1. The predicted octanol–water partition coefficient (Wildman–Crippen LogP) is -0.644. The molecule has 0 radical (unpaired) electrons. The summed E-state index contributed by atoms with van der Waals surface area (Å²) in [5, 5.41) is 54.8. The van der Waals surface area contributed by atoms with Gasteiger partial charge in [0, 0.05) is 32.1 Å². The van der Waals surface area contributed by atoms with Gasteiger partial charge in [-0.3, -0.25) is 19.8 Å². The smallest absolute Gasteiger partial charge is 0.249 e. The van der Waals surface area contributed by atoms with Crippen LogP contribution in [-0.2, 0) is 30.3 Å². The van der Waals surface area contributed by atoms with Crippen molar-refractivity contribution in [3.63, 3.8) is 0 Å². The number of hydrogen-bond acceptors (Lipinski definition) is 10. The van der Waals surface area contributed by atoms with Crippen molar-refractivity contribution in [3.05, 3.63) is 47.5 Å². The highest BCUT2D eigenvalue weighted by atomic mass is 16.7. The Hall–Kier alpha value is -3.60. The van der Waals surface area contributed by atoms with Gasteiger partial charge >= 0.3 is 0 Å². The zero-order chi connectivity index (χ0) is 36.8. The molecular formula is C36H54N6O9. The molecule has 10 unspecified atom stereocenters. The van der Waals surface area contributed by atoms with Crippen molar-refractivity contribution in [1.82, 2.24) is 20.4 Å². The first-order valence-electron chi connectivity index (χ1n) is 18.0. The second kappa shape index (κ2) is 17.3. The number of carbonyl (C=O) groups excluding carboxylic acids is 3. The lowest BCUT2D eigenvalue weighted by Crippen LogP contribution is -2.58. The molecule has 3 fully saturated rings. The van der Waals surface area contributed by atoms with E-state index in [1.807, 2.05) is 50.3 Å². The molecule has 15 heteroatoms. The highest BCUT2D eigenvalue weighted by Gasteiger charge is 2.51. The van der Waals surface area contributed by atoms with Gasteiger partial charge in [0.05, 0.1) is 12.7 Å². The molecule has 10 atom stereocenters. The fourth-order valence-corrected chi connectivity index (χ4v) is 7.69. The van der Waals surface area contributed by atoms with Gasteiger partial charge in [0.1, 0.15) is 36.5 Å². The molecule has 1 aliphatic carbocycles. The first kappa shape index (κ1) is 38.6. The fraction of sp³-hybridized carbons (Fsp3) is 0.667. The second-order valence-electron chi connectivity index (χ2n) is 14.7. The summed E-state index contributed by atoms with van der Waals surface area (Å²) in [6.07, 6.45) is -2.29. The number of benzene rings is 1. The molecule has 3 heterocycles. The lowest BCUT2D eigenvalue weighted by molar-refractivity contribution is -0.285. The molecule has 4 aliphatic rings. The van der Waals surface area contributed by atoms with Crippen molar-refractivity contribution < 1.29 is 44.3 Å². The molecule has 9 N–H and O–H groups in total. The van der Waals surface area contributed by atoms with Crippen LogP contribution in [0.1, 0.15) is 57.9 Å². The SMILES string of the molecule is CC(C)CC(NC(=O)C(O)Cc1ccccc1)C(=O)N1C(C(=O)NCCC2=CCN(C(=N)N)C2)CC2CCC(OC3OCC(O)C(O)C3O)CC21. The van der Waals surface area contributed by atoms with Crippen LogP contribution < -0.4 is 16.4 Å². The molecular weight excluding hydrogens is 660 g/mol. The molecule has 2 saturated heterocycles. The molecule has 1 aromatic carbocycles. The van der Waals surface area contributed by atoms with E-state index in [9.17, 15) is 34.8 Å². The summed E-state index contributed by atoms with van der Waals surface area (Å²) >= 11 is 0. The van der Waals surface area contributed by atoms with Crippen molar-refractivity contribution in [1.29, 1.82) is 5.41 Å². The zero-order valence-corrected chi connectivity index (χ0v) is 29.4. The van der Waals surface area contributed by atoms with E-state index < -0.39 is 66.7 Å². The van der Waals surface area contributed by atoms with Crippen LogP contribution in [0.25, 0.3) is 0 Å². The zero-order valence-electron chi connectivity index (χ0n) is 29.4. The van der Waals surface area contributed by atoms with Crippen molar-refractivity contribution in [2.75, 3.05) is 26.2 Å². The minimum Gasteiger partial charge on any atom is -0.388 e. The highest BCUT2D eigenvalue weighted by Crippen LogP contribution is 2.42. The Morgan fingerprint density at radius 1 is 1.10 bits per heavy atom. The standard InChI is InChI=1S/C36H54N6O9/c1-20(2)14-25(40-33(48)28(43)15-21-6-4-3-5-7-21)34(49)42-26-17-24(51-35-31(46)30(45)29(44)19-50-35)9-8-23(26)16-27(42)32(47)39-12-10-22-11-13-41(18-22)36(37)38/h3-7,11,20,23-31,35,43-46H,8-10,12-19H2,1-2H3,(H3,37,38)(H,39,47)(H,40,48). The quantitative estimate of drug-likeness (QED) is 0.0728. The van der Waals surface area contributed by atoms with Gasteiger partial charge in [-0.15, -0.1) is 0 Å². The lowest BCUT2D eigenvalue weighted by atomic mass is 9.82. The summed E-state index contributed by atoms with van der Waals surface area (Å²) in [6, 6.07) is 6.86. The number of rotatable bonds is 13. The molecule has 3 amide bonds. The molecule has 0 bridgehead atoms. The van der Waals surface area contributed by atoms with Gasteiger partial charge in [-0.1, -0.05) is 55.8 Å². The third-order valence-electron chi connectivity index (χ3n) is 10.4. The monoisotopic (exact) mass is 714 g/mol. The molecule has 0 spiro atoms. The minimum atomic E-state index is -1.46. The van der Waals surface area contributed by atoms with Crippen LogP contribution in [0.15, 0.2) is 42.0 Å². The van der Waals surface area contributed by atoms with E-state index in [2.05, 4.69) is 10.6 Å². The van der Waals surface area contributed by atoms with Crippen LogP contribution in [0.4, 0.5) is 0 Å². The summed E-state index contributed by atoms with van der Waals surface area (Å²) in [6.45, 7) is 5.05. The Balaban J connectivity index is 1.32. The van der Waals surface area contributed by atoms with Gasteiger partial charge in [-0.05, 0) is 55.9 Å². The highest BCUT2D eigenvalue weighted by molar-refractivity contribution is 5.93. The summed E-state index contributed by atoms with van der Waals surface area (Å²) in [5.74, 6) is -1.44. The first-order valence-corrected chi connectivity index (χ1v) is 18.0. The molecule has 0 aromatic heterocycles. The molecule has 3 aliphatic heterocycles. The third kappa shape index (κ3) is 9.64. The van der Waals surface area contributed by atoms with Gasteiger partial charge in [0.2, 0.25) is 17.7 Å². The summed E-state index contributed by atoms with van der Waals surface area (Å²) in [4.78, 5) is 45.1. The van der Waals surface area contributed by atoms with E-state index in [0.29, 0.717) is 51.7 Å². The van der Waals surface area contributed by atoms with Gasteiger partial charge in [0.25, 0.3) is 0 Å². The fourth-order valence-electron chi connectivity index (χ4n) is 7.69. The average Bonchev–Trinajstić information content (AvgIpc) is 3.73. The van der Waals surface area contributed by atoms with E-state index in [-0.39, 0.29) is 43.2 Å². The van der Waals surface area contributed by atoms with Gasteiger partial charge < -0.3 is 56.1 Å². The molecule has 1 saturated carbocycles. The van der Waals surface area contributed by atoms with Crippen molar-refractivity contribution in [2.45, 2.75) is 114 Å². The van der Waals surface area contributed by atoms with E-state index in [0.717, 1.165) is 11.1 Å². The minimum absolute atomic E-state index is 0.000369. The number of fused-ring (bicyclic) bond motifs is 1. The molecule has 51 heavy (non-hydrogen) atoms. The second-order valence-corrected chi connectivity index (χ2v) is 14.7. The van der Waals surface area contributed by atoms with Crippen LogP contribution >= 0.6 is 0 Å². The van der Waals surface area contributed by atoms with Crippen LogP contribution in [0.3, 0.4) is 0 Å². The number of nitrogens with zero attached hydrogens (tertiary/aromatic N) is 2. The summed E-state index contributed by atoms with van der Waals surface area (Å²) in [5.41, 5.74) is 7.44. The lowest BCUT2D eigenvalue weighted by Gasteiger charge is -2.41. The maximum absolute atomic E-state index is 14.6. The third-order valence-corrected chi connectivity index (χ3v) is 10.4. The Morgan fingerprint density at radius 2 is 1.84 bits per heavy atom. The van der Waals surface area contributed by atoms with Crippen LogP contribution in [-0.4, -0.2) is 135 Å². The van der Waals surface area contributed by atoms with Gasteiger partial charge in [-0.2, -0.15) is 0 Å². The Kier molecular flexibility index (Phi) is 13.1. The Bertz CT molecular complexity index is 1410. The number of nitrogens with two attached hydrogens (primary N) is 1. The van der Waals surface area contributed by atoms with Crippen LogP contribution in [0.5, 0.6) is 0 Å². The number of aliphatic hydroxyl groups excluding tert-OH is 4. The average molecular weight is 715 g/mol. The van der Waals surface area contributed by atoms with E-state index in [1.54, 1.807) is 9.80 Å². The number of ether oxygens (including phenoxy) is 2. The molecule has 15 nitrogen and oxygen atoms in total. The van der Waals surface area contributed by atoms with E-state index in [4.69, 9.17) is 20.6 Å². The van der Waals surface area contributed by atoms with Crippen molar-refractivity contribution >= 4 is 23.7 Å². The normalized spacial score (nSPS) is 30.4. The maximum Gasteiger partial charge on any atom is 0.249 e. The summed E-state index contributed by atoms with van der Waals surface area (Å²) < 4.78 is 11.6. The molecule has 1 aromatic rings. The van der Waals surface area contributed by atoms with Crippen molar-refractivity contribution in [2.24, 2.45) is 17.6 Å². The first-order chi connectivity index (χ1) is 24.3. The Labute approximate surface area is 298 Å². The number of nitrogens with one attached hydrogen (secondary N) is 3. The number of aliphatic hydroxyl groups is 4. The maximum atomic E-state index is 14.6. The topological polar surface area (TPSA) is 231 Å². The number of hydrogen-bond donors (Lipinski definition) is 8. The molecule has 5 rings (SSSR count). The van der Waals surface area contributed by atoms with E-state index >= 15 is 0 Å². The van der Waals surface area contributed by atoms with Gasteiger partial charge in [0.15, 0.2) is 12.2 Å². The van der Waals surface area contributed by atoms with E-state index in [1.165, 1.54) is 0 Å². The predicted molar refractivity (Wildman–Crippen MR) is 186 cm³/mol. The largest absolute Gasteiger partial charge is 0.388 e. The number of amides is 3. The van der Waals surface area contributed by atoms with Crippen LogP contribution in [0, 0.1) is 17.2 Å². The summed E-state index contributed by atoms with van der Waals surface area (Å²) in [7, 11) is 0. The number of guanidine groups is 1. The Morgan fingerprint density at radius 3 is 2.53 bits per heavy atom.